The smallest absolute Gasteiger partial charge is 0.124 e. The molecule has 16 heavy (non-hydrogen) atoms. The molecular formula is C13H17NO2. The second kappa shape index (κ2) is 5.64. The van der Waals surface area contributed by atoms with Gasteiger partial charge in [-0.2, -0.15) is 0 Å². The topological polar surface area (TPSA) is 38.7 Å². The molecule has 1 fully saturated rings. The van der Waals surface area contributed by atoms with Crippen LogP contribution in [-0.4, -0.2) is 12.5 Å². The van der Waals surface area contributed by atoms with E-state index in [0.717, 1.165) is 44.1 Å². The number of aldehydes is 1. The molecule has 2 aliphatic rings. The van der Waals surface area contributed by atoms with Gasteiger partial charge in [-0.15, -0.1) is 0 Å². The van der Waals surface area contributed by atoms with Gasteiger partial charge in [-0.25, -0.2) is 0 Å². The fourth-order valence-electron chi connectivity index (χ4n) is 2.30. The highest BCUT2D eigenvalue weighted by molar-refractivity contribution is 5.71. The first-order chi connectivity index (χ1) is 7.90. The highest BCUT2D eigenvalue weighted by atomic mass is 16.5. The third kappa shape index (κ3) is 2.81. The maximum Gasteiger partial charge on any atom is 0.124 e. The summed E-state index contributed by atoms with van der Waals surface area (Å²) in [6.07, 6.45) is 13.3. The average molecular weight is 219 g/mol. The van der Waals surface area contributed by atoms with Crippen LogP contribution in [0.25, 0.3) is 0 Å². The monoisotopic (exact) mass is 219 g/mol. The number of hydrogen-bond acceptors (Lipinski definition) is 3. The summed E-state index contributed by atoms with van der Waals surface area (Å²) >= 11 is 0. The van der Waals surface area contributed by atoms with Gasteiger partial charge < -0.3 is 9.53 Å². The lowest BCUT2D eigenvalue weighted by Gasteiger charge is -2.15. The molecule has 86 valence electrons. The van der Waals surface area contributed by atoms with Crippen LogP contribution in [0, 0.1) is 11.8 Å². The van der Waals surface area contributed by atoms with E-state index in [4.69, 9.17) is 4.74 Å². The van der Waals surface area contributed by atoms with Crippen molar-refractivity contribution in [2.45, 2.75) is 32.1 Å². The highest BCUT2D eigenvalue weighted by Gasteiger charge is 2.22. The van der Waals surface area contributed by atoms with Gasteiger partial charge in [-0.05, 0) is 31.8 Å². The molecule has 0 aromatic heterocycles. The summed E-state index contributed by atoms with van der Waals surface area (Å²) in [6, 6.07) is 0. The molecule has 1 heterocycles. The van der Waals surface area contributed by atoms with Crippen molar-refractivity contribution in [3.05, 3.63) is 24.3 Å². The molecule has 0 amide bonds. The normalized spacial score (nSPS) is 29.9. The molecule has 0 aromatic carbocycles. The fourth-order valence-corrected chi connectivity index (χ4v) is 2.30. The first kappa shape index (κ1) is 11.1. The van der Waals surface area contributed by atoms with Gasteiger partial charge in [0.15, 0.2) is 0 Å². The van der Waals surface area contributed by atoms with Crippen LogP contribution in [0.5, 0.6) is 0 Å². The predicted molar refractivity (Wildman–Crippen MR) is 62.9 cm³/mol. The minimum absolute atomic E-state index is 0.246. The Bertz CT molecular complexity index is 331. The van der Waals surface area contributed by atoms with Crippen LogP contribution in [0.3, 0.4) is 0 Å². The van der Waals surface area contributed by atoms with E-state index >= 15 is 0 Å². The Labute approximate surface area is 95.9 Å². The molecule has 2 rings (SSSR count). The quantitative estimate of drug-likeness (QED) is 0.529. The van der Waals surface area contributed by atoms with Gasteiger partial charge in [-0.3, -0.25) is 4.99 Å². The van der Waals surface area contributed by atoms with Crippen LogP contribution in [0.15, 0.2) is 29.3 Å². The number of aliphatic imine (C=N–C) groups is 1. The Kier molecular flexibility index (Phi) is 3.91. The first-order valence-corrected chi connectivity index (χ1v) is 5.90. The number of carbonyl (C=O) groups is 1. The van der Waals surface area contributed by atoms with Crippen molar-refractivity contribution < 1.29 is 9.53 Å². The fraction of sp³-hybridized carbons (Fsp3) is 0.538. The first-order valence-electron chi connectivity index (χ1n) is 5.90. The number of ether oxygens (including phenoxy) is 1. The zero-order chi connectivity index (χ0) is 11.2. The van der Waals surface area contributed by atoms with Crippen molar-refractivity contribution in [1.29, 1.82) is 0 Å². The van der Waals surface area contributed by atoms with Gasteiger partial charge in [-0.1, -0.05) is 6.42 Å². The number of hydrogen-bond donors (Lipinski definition) is 0. The third-order valence-electron chi connectivity index (χ3n) is 3.26. The lowest BCUT2D eigenvalue weighted by molar-refractivity contribution is -0.111. The van der Waals surface area contributed by atoms with Crippen molar-refractivity contribution in [3.63, 3.8) is 0 Å². The molecule has 0 saturated heterocycles. The lowest BCUT2D eigenvalue weighted by atomic mass is 9.97. The molecule has 3 nitrogen and oxygen atoms in total. The van der Waals surface area contributed by atoms with E-state index in [1.165, 1.54) is 0 Å². The third-order valence-corrected chi connectivity index (χ3v) is 3.26. The minimum Gasteiger partial charge on any atom is -0.467 e. The Morgan fingerprint density at radius 2 is 2.25 bits per heavy atom. The SMILES string of the molecule is O=CC1CCCC(C2=CN=CC=CO2)CC1. The van der Waals surface area contributed by atoms with E-state index in [0.29, 0.717) is 5.92 Å². The van der Waals surface area contributed by atoms with E-state index in [1.54, 1.807) is 24.8 Å². The molecular weight excluding hydrogens is 202 g/mol. The second-order valence-electron chi connectivity index (χ2n) is 4.38. The zero-order valence-electron chi connectivity index (χ0n) is 9.34. The molecule has 1 aliphatic heterocycles. The van der Waals surface area contributed by atoms with Crippen LogP contribution in [0.1, 0.15) is 32.1 Å². The van der Waals surface area contributed by atoms with E-state index in [2.05, 4.69) is 4.99 Å². The van der Waals surface area contributed by atoms with Crippen LogP contribution in [0.4, 0.5) is 0 Å². The van der Waals surface area contributed by atoms with Crippen molar-refractivity contribution in [3.8, 4) is 0 Å². The number of carbonyl (C=O) groups excluding carboxylic acids is 1. The maximum absolute atomic E-state index is 10.8. The Morgan fingerprint density at radius 3 is 3.12 bits per heavy atom. The number of rotatable bonds is 2. The summed E-state index contributed by atoms with van der Waals surface area (Å²) in [6.45, 7) is 0. The van der Waals surface area contributed by atoms with Crippen molar-refractivity contribution >= 4 is 12.5 Å². The minimum atomic E-state index is 0.246. The van der Waals surface area contributed by atoms with Gasteiger partial charge in [0.1, 0.15) is 12.0 Å². The van der Waals surface area contributed by atoms with Crippen LogP contribution in [-0.2, 0) is 9.53 Å². The molecule has 0 bridgehead atoms. The molecule has 1 aliphatic carbocycles. The van der Waals surface area contributed by atoms with E-state index in [-0.39, 0.29) is 5.92 Å². The summed E-state index contributed by atoms with van der Waals surface area (Å²) in [5.74, 6) is 1.61. The summed E-state index contributed by atoms with van der Waals surface area (Å²) in [5, 5.41) is 0. The van der Waals surface area contributed by atoms with Crippen LogP contribution >= 0.6 is 0 Å². The molecule has 0 radical (unpaired) electrons. The van der Waals surface area contributed by atoms with Gasteiger partial charge >= 0.3 is 0 Å². The van der Waals surface area contributed by atoms with Crippen molar-refractivity contribution in [1.82, 2.24) is 0 Å². The Balaban J connectivity index is 1.99. The molecule has 2 unspecified atom stereocenters. The number of nitrogens with zero attached hydrogens (tertiary/aromatic N) is 1. The maximum atomic E-state index is 10.8. The van der Waals surface area contributed by atoms with Gasteiger partial charge in [0, 0.05) is 18.1 Å². The second-order valence-corrected chi connectivity index (χ2v) is 4.38. The highest BCUT2D eigenvalue weighted by Crippen LogP contribution is 2.31. The lowest BCUT2D eigenvalue weighted by Crippen LogP contribution is -2.05. The summed E-state index contributed by atoms with van der Waals surface area (Å²) in [7, 11) is 0. The standard InChI is InChI=1S/C13H17NO2/c15-10-11-3-1-4-12(6-5-11)13-9-14-7-2-8-16-13/h2,7-12H,1,3-6H2. The molecule has 3 heteroatoms. The van der Waals surface area contributed by atoms with E-state index in [9.17, 15) is 4.79 Å². The average Bonchev–Trinajstić information content (AvgIpc) is 2.71. The van der Waals surface area contributed by atoms with E-state index < -0.39 is 0 Å². The molecule has 0 aromatic rings. The van der Waals surface area contributed by atoms with E-state index in [1.807, 2.05) is 0 Å². The summed E-state index contributed by atoms with van der Waals surface area (Å²) < 4.78 is 5.53. The molecule has 0 spiro atoms. The van der Waals surface area contributed by atoms with Gasteiger partial charge in [0.25, 0.3) is 0 Å². The zero-order valence-corrected chi connectivity index (χ0v) is 9.34. The van der Waals surface area contributed by atoms with Crippen molar-refractivity contribution in [2.75, 3.05) is 0 Å². The van der Waals surface area contributed by atoms with Gasteiger partial charge in [0.2, 0.25) is 0 Å². The van der Waals surface area contributed by atoms with Gasteiger partial charge in [0.05, 0.1) is 12.5 Å². The molecule has 2 atom stereocenters. The van der Waals surface area contributed by atoms with Crippen LogP contribution < -0.4 is 0 Å². The molecule has 1 saturated carbocycles. The van der Waals surface area contributed by atoms with Crippen LogP contribution in [0.2, 0.25) is 0 Å². The summed E-state index contributed by atoms with van der Waals surface area (Å²) in [5.41, 5.74) is 0. The predicted octanol–water partition coefficient (Wildman–Crippen LogP) is 2.84. The number of allylic oxidation sites excluding steroid dienone is 2. The van der Waals surface area contributed by atoms with Crippen molar-refractivity contribution in [2.24, 2.45) is 16.8 Å². The largest absolute Gasteiger partial charge is 0.467 e. The Hall–Kier alpha value is -1.38. The summed E-state index contributed by atoms with van der Waals surface area (Å²) in [4.78, 5) is 14.9. The molecule has 0 N–H and O–H groups in total. The Morgan fingerprint density at radius 1 is 1.31 bits per heavy atom.